The molecule has 0 spiro atoms. The van der Waals surface area contributed by atoms with E-state index >= 15 is 0 Å². The fourth-order valence-corrected chi connectivity index (χ4v) is 4.29. The second-order valence-electron chi connectivity index (χ2n) is 5.13. The van der Waals surface area contributed by atoms with Crippen molar-refractivity contribution in [1.82, 2.24) is 0 Å². The van der Waals surface area contributed by atoms with E-state index in [9.17, 15) is 4.79 Å². The Balaban J connectivity index is 0.000000174. The summed E-state index contributed by atoms with van der Waals surface area (Å²) in [5.41, 5.74) is 4.99. The number of amides is 1. The Morgan fingerprint density at radius 1 is 1.26 bits per heavy atom. The molecule has 0 atom stereocenters. The van der Waals surface area contributed by atoms with Gasteiger partial charge in [0.25, 0.3) is 0 Å². The van der Waals surface area contributed by atoms with Crippen LogP contribution in [0.25, 0.3) is 6.08 Å². The zero-order valence-corrected chi connectivity index (χ0v) is 15.3. The number of hydrogen-bond acceptors (Lipinski definition) is 4. The van der Waals surface area contributed by atoms with E-state index in [1.165, 1.54) is 38.7 Å². The van der Waals surface area contributed by atoms with Crippen molar-refractivity contribution < 1.29 is 4.79 Å². The molecule has 0 fully saturated rings. The average molecular weight is 347 g/mol. The second-order valence-corrected chi connectivity index (χ2v) is 7.23. The van der Waals surface area contributed by atoms with Crippen molar-refractivity contribution in [2.75, 3.05) is 23.9 Å². The third-order valence-corrected chi connectivity index (χ3v) is 5.95. The highest BCUT2D eigenvalue weighted by Crippen LogP contribution is 2.41. The number of rotatable bonds is 4. The van der Waals surface area contributed by atoms with E-state index in [1.54, 1.807) is 0 Å². The molecule has 3 rings (SSSR count). The van der Waals surface area contributed by atoms with Crippen molar-refractivity contribution in [3.05, 3.63) is 47.0 Å². The number of thioether (sulfide) groups is 1. The number of carbonyl (C=O) groups excluding carboxylic acids is 1. The number of thiophene rings is 1. The topological polar surface area (TPSA) is 41.1 Å². The molecule has 1 aliphatic carbocycles. The molecule has 0 unspecified atom stereocenters. The highest BCUT2D eigenvalue weighted by atomic mass is 32.2. The summed E-state index contributed by atoms with van der Waals surface area (Å²) < 4.78 is 1.44. The summed E-state index contributed by atoms with van der Waals surface area (Å²) in [5, 5.41) is 7.19. The smallest absolute Gasteiger partial charge is 0.211 e. The number of anilines is 2. The van der Waals surface area contributed by atoms with Crippen LogP contribution in [0, 0.1) is 6.92 Å². The standard InChI is InChI=1S/C10H13NS2.C8H9NO/c1-11-9-7-5-3-4-6-8(7)10(12-2)13-9;1-7-2-4-8(5-3-7)9-6-10/h4,6,11H,3,5H2,1-2H3;2-6H,1H3,(H,9,10). The predicted octanol–water partition coefficient (Wildman–Crippen LogP) is 5.03. The van der Waals surface area contributed by atoms with Gasteiger partial charge >= 0.3 is 0 Å². The van der Waals surface area contributed by atoms with Crippen LogP contribution < -0.4 is 10.6 Å². The lowest BCUT2D eigenvalue weighted by molar-refractivity contribution is -0.105. The maximum Gasteiger partial charge on any atom is 0.211 e. The van der Waals surface area contributed by atoms with Crippen LogP contribution in [0.3, 0.4) is 0 Å². The van der Waals surface area contributed by atoms with Gasteiger partial charge in [-0.15, -0.1) is 23.1 Å². The van der Waals surface area contributed by atoms with Gasteiger partial charge in [0.05, 0.1) is 9.21 Å². The molecule has 0 bridgehead atoms. The first-order valence-electron chi connectivity index (χ1n) is 7.50. The van der Waals surface area contributed by atoms with Crippen molar-refractivity contribution >= 4 is 46.3 Å². The number of allylic oxidation sites excluding steroid dienone is 1. The van der Waals surface area contributed by atoms with E-state index in [0.29, 0.717) is 6.41 Å². The highest BCUT2D eigenvalue weighted by molar-refractivity contribution is 8.00. The molecule has 5 heteroatoms. The minimum atomic E-state index is 0.671. The Hall–Kier alpha value is -1.72. The number of carbonyl (C=O) groups is 1. The lowest BCUT2D eigenvalue weighted by Gasteiger charge is -2.07. The number of hydrogen-bond donors (Lipinski definition) is 2. The molecule has 2 aromatic rings. The molecule has 2 N–H and O–H groups in total. The summed E-state index contributed by atoms with van der Waals surface area (Å²) in [5.74, 6) is 0. The lowest BCUT2D eigenvalue weighted by atomic mass is 10.0. The van der Waals surface area contributed by atoms with Crippen molar-refractivity contribution in [3.63, 3.8) is 0 Å². The summed E-state index contributed by atoms with van der Waals surface area (Å²) >= 11 is 3.72. The molecule has 1 aromatic heterocycles. The third kappa shape index (κ3) is 4.62. The largest absolute Gasteiger partial charge is 0.380 e. The SMILES string of the molecule is CNc1sc(SC)c2c1CCC=C2.Cc1ccc(NC=O)cc1. The zero-order chi connectivity index (χ0) is 16.7. The van der Waals surface area contributed by atoms with Crippen LogP contribution in [0.1, 0.15) is 23.1 Å². The molecule has 0 radical (unpaired) electrons. The van der Waals surface area contributed by atoms with E-state index in [2.05, 4.69) is 29.0 Å². The first-order chi connectivity index (χ1) is 11.2. The number of benzene rings is 1. The average Bonchev–Trinajstić information content (AvgIpc) is 2.96. The van der Waals surface area contributed by atoms with Crippen LogP contribution in [0.15, 0.2) is 34.6 Å². The van der Waals surface area contributed by atoms with Gasteiger partial charge in [-0.3, -0.25) is 4.79 Å². The normalized spacial score (nSPS) is 12.0. The van der Waals surface area contributed by atoms with Crippen molar-refractivity contribution in [2.45, 2.75) is 24.0 Å². The first kappa shape index (κ1) is 17.6. The van der Waals surface area contributed by atoms with Crippen LogP contribution in [-0.2, 0) is 11.2 Å². The molecule has 3 nitrogen and oxygen atoms in total. The minimum Gasteiger partial charge on any atom is -0.380 e. The zero-order valence-electron chi connectivity index (χ0n) is 13.7. The Morgan fingerprint density at radius 2 is 2.00 bits per heavy atom. The summed E-state index contributed by atoms with van der Waals surface area (Å²) in [6.07, 6.45) is 9.74. The third-order valence-electron chi connectivity index (χ3n) is 3.55. The van der Waals surface area contributed by atoms with Gasteiger partial charge in [-0.1, -0.05) is 29.8 Å². The Bertz CT molecular complexity index is 675. The number of nitrogens with one attached hydrogen (secondary N) is 2. The van der Waals surface area contributed by atoms with Crippen LogP contribution in [0.4, 0.5) is 10.7 Å². The maximum absolute atomic E-state index is 9.95. The highest BCUT2D eigenvalue weighted by Gasteiger charge is 2.16. The molecule has 23 heavy (non-hydrogen) atoms. The lowest BCUT2D eigenvalue weighted by Crippen LogP contribution is -1.95. The second kappa shape index (κ2) is 8.79. The van der Waals surface area contributed by atoms with E-state index in [-0.39, 0.29) is 0 Å². The Morgan fingerprint density at radius 3 is 2.61 bits per heavy atom. The molecule has 1 heterocycles. The van der Waals surface area contributed by atoms with Gasteiger partial charge in [0, 0.05) is 18.3 Å². The van der Waals surface area contributed by atoms with Crippen molar-refractivity contribution in [3.8, 4) is 0 Å². The van der Waals surface area contributed by atoms with Gasteiger partial charge in [0.15, 0.2) is 0 Å². The molecule has 0 saturated carbocycles. The van der Waals surface area contributed by atoms with Crippen molar-refractivity contribution in [1.29, 1.82) is 0 Å². The summed E-state index contributed by atoms with van der Waals surface area (Å²) in [6.45, 7) is 2.00. The summed E-state index contributed by atoms with van der Waals surface area (Å²) in [6, 6.07) is 7.63. The molecule has 1 aliphatic rings. The van der Waals surface area contributed by atoms with Gasteiger partial charge < -0.3 is 10.6 Å². The first-order valence-corrected chi connectivity index (χ1v) is 9.54. The molecule has 0 saturated heterocycles. The Kier molecular flexibility index (Phi) is 6.74. The van der Waals surface area contributed by atoms with E-state index in [4.69, 9.17) is 0 Å². The van der Waals surface area contributed by atoms with Gasteiger partial charge in [-0.2, -0.15) is 0 Å². The van der Waals surface area contributed by atoms with E-state index in [0.717, 1.165) is 5.69 Å². The molecule has 122 valence electrons. The van der Waals surface area contributed by atoms with Gasteiger partial charge in [0.1, 0.15) is 0 Å². The van der Waals surface area contributed by atoms with Gasteiger partial charge in [0.2, 0.25) is 6.41 Å². The fraction of sp³-hybridized carbons (Fsp3) is 0.278. The molecular weight excluding hydrogens is 324 g/mol. The van der Waals surface area contributed by atoms with Crippen LogP contribution in [0.5, 0.6) is 0 Å². The molecule has 0 aliphatic heterocycles. The van der Waals surface area contributed by atoms with E-state index < -0.39 is 0 Å². The number of fused-ring (bicyclic) bond motifs is 1. The fourth-order valence-electron chi connectivity index (χ4n) is 2.37. The maximum atomic E-state index is 9.95. The summed E-state index contributed by atoms with van der Waals surface area (Å²) in [7, 11) is 2.01. The van der Waals surface area contributed by atoms with Crippen molar-refractivity contribution in [2.24, 2.45) is 0 Å². The molecule has 1 aromatic carbocycles. The van der Waals surface area contributed by atoms with Crippen LogP contribution in [0.2, 0.25) is 0 Å². The summed E-state index contributed by atoms with van der Waals surface area (Å²) in [4.78, 5) is 9.95. The van der Waals surface area contributed by atoms with Gasteiger partial charge in [-0.25, -0.2) is 0 Å². The predicted molar refractivity (Wildman–Crippen MR) is 104 cm³/mol. The van der Waals surface area contributed by atoms with Crippen LogP contribution >= 0.6 is 23.1 Å². The van der Waals surface area contributed by atoms with Crippen LogP contribution in [-0.4, -0.2) is 19.7 Å². The van der Waals surface area contributed by atoms with E-state index in [1.807, 2.05) is 61.3 Å². The van der Waals surface area contributed by atoms with Gasteiger partial charge in [-0.05, 0) is 43.7 Å². The minimum absolute atomic E-state index is 0.671. The molecular formula is C18H22N2OS2. The number of aryl methyl sites for hydroxylation is 1. The Labute approximate surface area is 146 Å². The molecule has 1 amide bonds. The monoisotopic (exact) mass is 346 g/mol. The quantitative estimate of drug-likeness (QED) is 0.602.